The molecule has 1 heterocycles. The lowest BCUT2D eigenvalue weighted by molar-refractivity contribution is -0.135. The number of likely N-dealkylation sites (N-methyl/N-ethyl adjacent to an activating group) is 2. The Labute approximate surface area is 128 Å². The Hall–Kier alpha value is -1.39. The summed E-state index contributed by atoms with van der Waals surface area (Å²) in [7, 11) is 4.09. The first-order valence-electron chi connectivity index (χ1n) is 7.78. The molecule has 0 saturated heterocycles. The van der Waals surface area contributed by atoms with Gasteiger partial charge in [-0.3, -0.25) is 4.79 Å². The van der Waals surface area contributed by atoms with Gasteiger partial charge in [0.15, 0.2) is 0 Å². The summed E-state index contributed by atoms with van der Waals surface area (Å²) in [5.41, 5.74) is 2.61. The second kappa shape index (κ2) is 7.05. The average Bonchev–Trinajstić information content (AvgIpc) is 2.46. The van der Waals surface area contributed by atoms with Crippen LogP contribution >= 0.6 is 0 Å². The average molecular weight is 289 g/mol. The zero-order chi connectivity index (χ0) is 15.4. The smallest absolute Gasteiger partial charge is 0.240 e. The number of nitrogens with zero attached hydrogens (tertiary/aromatic N) is 2. The number of carbonyl (C=O) groups excluding carboxylic acids is 1. The van der Waals surface area contributed by atoms with Crippen molar-refractivity contribution in [3.05, 3.63) is 35.4 Å². The fourth-order valence-corrected chi connectivity index (χ4v) is 3.14. The molecule has 1 N–H and O–H groups in total. The fourth-order valence-electron chi connectivity index (χ4n) is 3.14. The van der Waals surface area contributed by atoms with Crippen LogP contribution in [-0.2, 0) is 17.8 Å². The maximum absolute atomic E-state index is 12.8. The molecule has 0 saturated carbocycles. The van der Waals surface area contributed by atoms with Gasteiger partial charge in [0.05, 0.1) is 6.04 Å². The maximum Gasteiger partial charge on any atom is 0.240 e. The predicted molar refractivity (Wildman–Crippen MR) is 86.2 cm³/mol. The third-order valence-corrected chi connectivity index (χ3v) is 4.16. The number of carbonyl (C=O) groups is 1. The number of benzene rings is 1. The number of amides is 1. The van der Waals surface area contributed by atoms with E-state index in [2.05, 4.69) is 48.3 Å². The third-order valence-electron chi connectivity index (χ3n) is 4.16. The molecule has 2 rings (SSSR count). The summed E-state index contributed by atoms with van der Waals surface area (Å²) in [5, 5.41) is 3.39. The Morgan fingerprint density at radius 1 is 1.33 bits per heavy atom. The van der Waals surface area contributed by atoms with Crippen molar-refractivity contribution in [2.24, 2.45) is 0 Å². The summed E-state index contributed by atoms with van der Waals surface area (Å²) in [6, 6.07) is 8.52. The van der Waals surface area contributed by atoms with Gasteiger partial charge < -0.3 is 15.1 Å². The molecule has 116 valence electrons. The maximum atomic E-state index is 12.8. The lowest BCUT2D eigenvalue weighted by atomic mass is 9.95. The van der Waals surface area contributed by atoms with Gasteiger partial charge in [0.1, 0.15) is 0 Å². The largest absolute Gasteiger partial charge is 0.338 e. The van der Waals surface area contributed by atoms with Crippen LogP contribution in [-0.4, -0.2) is 55.0 Å². The zero-order valence-electron chi connectivity index (χ0n) is 13.6. The summed E-state index contributed by atoms with van der Waals surface area (Å²) >= 11 is 0. The molecule has 1 unspecified atom stereocenters. The van der Waals surface area contributed by atoms with Crippen LogP contribution in [0.25, 0.3) is 0 Å². The molecular formula is C17H27N3O. The van der Waals surface area contributed by atoms with Crippen LogP contribution in [0.5, 0.6) is 0 Å². The first-order valence-corrected chi connectivity index (χ1v) is 7.78. The molecule has 1 aromatic rings. The Bertz CT molecular complexity index is 487. The minimum absolute atomic E-state index is 0.0931. The lowest BCUT2D eigenvalue weighted by Crippen LogP contribution is -2.53. The van der Waals surface area contributed by atoms with Crippen LogP contribution in [0.3, 0.4) is 0 Å². The van der Waals surface area contributed by atoms with E-state index < -0.39 is 0 Å². The second-order valence-electron chi connectivity index (χ2n) is 6.14. The monoisotopic (exact) mass is 289 g/mol. The molecule has 21 heavy (non-hydrogen) atoms. The van der Waals surface area contributed by atoms with E-state index in [4.69, 9.17) is 0 Å². The standard InChI is InChI=1S/C17H27N3O/c1-5-20(13(2)12-19(3)4)17(21)16-10-14-8-6-7-9-15(14)11-18-16/h6-9,13,16,18H,5,10-12H2,1-4H3/t13?,16-/m1/s1. The Balaban J connectivity index is 2.06. The Kier molecular flexibility index (Phi) is 5.37. The molecule has 2 atom stereocenters. The van der Waals surface area contributed by atoms with Gasteiger partial charge in [-0.15, -0.1) is 0 Å². The number of hydrogen-bond donors (Lipinski definition) is 1. The molecule has 0 bridgehead atoms. The minimum Gasteiger partial charge on any atom is -0.338 e. The molecule has 1 aliphatic heterocycles. The van der Waals surface area contributed by atoms with E-state index in [1.165, 1.54) is 11.1 Å². The summed E-state index contributed by atoms with van der Waals surface area (Å²) in [6.07, 6.45) is 0.792. The molecule has 1 aliphatic rings. The van der Waals surface area contributed by atoms with Crippen LogP contribution in [0.1, 0.15) is 25.0 Å². The van der Waals surface area contributed by atoms with E-state index in [1.807, 2.05) is 19.0 Å². The highest BCUT2D eigenvalue weighted by Gasteiger charge is 2.29. The zero-order valence-corrected chi connectivity index (χ0v) is 13.6. The van der Waals surface area contributed by atoms with E-state index in [0.29, 0.717) is 0 Å². The summed E-state index contributed by atoms with van der Waals surface area (Å²) in [5.74, 6) is 0.223. The van der Waals surface area contributed by atoms with Crippen molar-refractivity contribution in [3.8, 4) is 0 Å². The molecule has 1 amide bonds. The quantitative estimate of drug-likeness (QED) is 0.892. The van der Waals surface area contributed by atoms with Crippen molar-refractivity contribution in [1.82, 2.24) is 15.1 Å². The second-order valence-corrected chi connectivity index (χ2v) is 6.14. The number of fused-ring (bicyclic) bond motifs is 1. The van der Waals surface area contributed by atoms with Gasteiger partial charge in [0.2, 0.25) is 5.91 Å². The van der Waals surface area contributed by atoms with Crippen LogP contribution in [0, 0.1) is 0 Å². The molecule has 4 nitrogen and oxygen atoms in total. The number of hydrogen-bond acceptors (Lipinski definition) is 3. The van der Waals surface area contributed by atoms with Crippen molar-refractivity contribution in [2.75, 3.05) is 27.2 Å². The van der Waals surface area contributed by atoms with E-state index >= 15 is 0 Å². The van der Waals surface area contributed by atoms with E-state index in [9.17, 15) is 4.79 Å². The molecular weight excluding hydrogens is 262 g/mol. The summed E-state index contributed by atoms with van der Waals surface area (Å²) in [6.45, 7) is 6.61. The van der Waals surface area contributed by atoms with Gasteiger partial charge in [0.25, 0.3) is 0 Å². The molecule has 0 radical (unpaired) electrons. The SMILES string of the molecule is CCN(C(=O)[C@H]1Cc2ccccc2CN1)C(C)CN(C)C. The fraction of sp³-hybridized carbons (Fsp3) is 0.588. The van der Waals surface area contributed by atoms with Gasteiger partial charge in [-0.2, -0.15) is 0 Å². The lowest BCUT2D eigenvalue weighted by Gasteiger charge is -2.35. The van der Waals surface area contributed by atoms with Crippen molar-refractivity contribution >= 4 is 5.91 Å². The topological polar surface area (TPSA) is 35.6 Å². The van der Waals surface area contributed by atoms with Gasteiger partial charge >= 0.3 is 0 Å². The highest BCUT2D eigenvalue weighted by molar-refractivity contribution is 5.83. The van der Waals surface area contributed by atoms with Crippen molar-refractivity contribution in [3.63, 3.8) is 0 Å². The van der Waals surface area contributed by atoms with Crippen LogP contribution in [0.2, 0.25) is 0 Å². The van der Waals surface area contributed by atoms with E-state index in [-0.39, 0.29) is 18.0 Å². The first kappa shape index (κ1) is 16.0. The van der Waals surface area contributed by atoms with Gasteiger partial charge in [0, 0.05) is 25.7 Å². The summed E-state index contributed by atoms with van der Waals surface area (Å²) < 4.78 is 0. The van der Waals surface area contributed by atoms with E-state index in [0.717, 1.165) is 26.1 Å². The highest BCUT2D eigenvalue weighted by Crippen LogP contribution is 2.18. The van der Waals surface area contributed by atoms with Gasteiger partial charge in [-0.25, -0.2) is 0 Å². The normalized spacial score (nSPS) is 19.2. The van der Waals surface area contributed by atoms with Crippen molar-refractivity contribution in [2.45, 2.75) is 38.9 Å². The molecule has 4 heteroatoms. The summed E-state index contributed by atoms with van der Waals surface area (Å²) in [4.78, 5) is 16.9. The minimum atomic E-state index is -0.0931. The van der Waals surface area contributed by atoms with E-state index in [1.54, 1.807) is 0 Å². The van der Waals surface area contributed by atoms with Crippen molar-refractivity contribution in [1.29, 1.82) is 0 Å². The first-order chi connectivity index (χ1) is 10.0. The number of rotatable bonds is 5. The van der Waals surface area contributed by atoms with Gasteiger partial charge in [-0.05, 0) is 45.5 Å². The number of nitrogens with one attached hydrogen (secondary N) is 1. The molecule has 0 aliphatic carbocycles. The molecule has 0 aromatic heterocycles. The third kappa shape index (κ3) is 3.83. The van der Waals surface area contributed by atoms with Crippen LogP contribution < -0.4 is 5.32 Å². The Morgan fingerprint density at radius 3 is 2.62 bits per heavy atom. The molecule has 0 fully saturated rings. The van der Waals surface area contributed by atoms with Gasteiger partial charge in [-0.1, -0.05) is 24.3 Å². The molecule has 1 aromatic carbocycles. The van der Waals surface area contributed by atoms with Crippen LogP contribution in [0.4, 0.5) is 0 Å². The predicted octanol–water partition coefficient (Wildman–Crippen LogP) is 1.50. The van der Waals surface area contributed by atoms with Crippen molar-refractivity contribution < 1.29 is 4.79 Å². The highest BCUT2D eigenvalue weighted by atomic mass is 16.2. The van der Waals surface area contributed by atoms with Crippen LogP contribution in [0.15, 0.2) is 24.3 Å². The molecule has 0 spiro atoms. The Morgan fingerprint density at radius 2 is 2.00 bits per heavy atom.